The van der Waals surface area contributed by atoms with Gasteiger partial charge in [0, 0.05) is 18.4 Å². The molecule has 0 heterocycles. The summed E-state index contributed by atoms with van der Waals surface area (Å²) < 4.78 is 40.9. The van der Waals surface area contributed by atoms with Gasteiger partial charge in [0.15, 0.2) is 9.84 Å². The van der Waals surface area contributed by atoms with E-state index in [2.05, 4.69) is 5.32 Å². The third-order valence-corrected chi connectivity index (χ3v) is 4.26. The van der Waals surface area contributed by atoms with Gasteiger partial charge in [-0.2, -0.15) is 0 Å². The van der Waals surface area contributed by atoms with Gasteiger partial charge in [-0.3, -0.25) is 0 Å². The summed E-state index contributed by atoms with van der Waals surface area (Å²) in [6.07, 6.45) is 0.613. The lowest BCUT2D eigenvalue weighted by molar-refractivity contribution is 0.413. The highest BCUT2D eigenvalue weighted by Crippen LogP contribution is 2.24. The zero-order valence-electron chi connectivity index (χ0n) is 10.6. The van der Waals surface area contributed by atoms with E-state index in [0.717, 1.165) is 0 Å². The Bertz CT molecular complexity index is 488. The van der Waals surface area contributed by atoms with Crippen LogP contribution in [0.2, 0.25) is 0 Å². The summed E-state index contributed by atoms with van der Waals surface area (Å²) in [5.74, 6) is 0.218. The molecule has 1 N–H and O–H groups in total. The van der Waals surface area contributed by atoms with Crippen molar-refractivity contribution in [3.63, 3.8) is 0 Å². The standard InChI is InChI=1S/C12H18FNO3S/c1-3-7-18(15,16)8-6-14-11-5-4-10(13)9-12(11)17-2/h4-5,9,14H,3,6-8H2,1-2H3. The maximum atomic E-state index is 12.9. The van der Waals surface area contributed by atoms with Gasteiger partial charge in [-0.1, -0.05) is 6.92 Å². The van der Waals surface area contributed by atoms with Crippen molar-refractivity contribution < 1.29 is 17.5 Å². The van der Waals surface area contributed by atoms with Gasteiger partial charge in [0.25, 0.3) is 0 Å². The molecule has 0 aromatic heterocycles. The largest absolute Gasteiger partial charge is 0.494 e. The lowest BCUT2D eigenvalue weighted by Gasteiger charge is -2.11. The average Bonchev–Trinajstić information content (AvgIpc) is 2.30. The number of anilines is 1. The minimum Gasteiger partial charge on any atom is -0.494 e. The van der Waals surface area contributed by atoms with E-state index in [9.17, 15) is 12.8 Å². The number of methoxy groups -OCH3 is 1. The Morgan fingerprint density at radius 2 is 2.06 bits per heavy atom. The van der Waals surface area contributed by atoms with Gasteiger partial charge in [-0.15, -0.1) is 0 Å². The van der Waals surface area contributed by atoms with Gasteiger partial charge in [0.1, 0.15) is 11.6 Å². The number of benzene rings is 1. The number of hydrogen-bond acceptors (Lipinski definition) is 4. The van der Waals surface area contributed by atoms with Gasteiger partial charge >= 0.3 is 0 Å². The fraction of sp³-hybridized carbons (Fsp3) is 0.500. The zero-order valence-corrected chi connectivity index (χ0v) is 11.4. The molecular formula is C12H18FNO3S. The highest BCUT2D eigenvalue weighted by molar-refractivity contribution is 7.91. The molecule has 18 heavy (non-hydrogen) atoms. The van der Waals surface area contributed by atoms with Crippen molar-refractivity contribution in [2.75, 3.05) is 30.5 Å². The van der Waals surface area contributed by atoms with Crippen LogP contribution in [0.1, 0.15) is 13.3 Å². The molecule has 0 amide bonds. The van der Waals surface area contributed by atoms with Crippen LogP contribution in [0.15, 0.2) is 18.2 Å². The highest BCUT2D eigenvalue weighted by atomic mass is 32.2. The summed E-state index contributed by atoms with van der Waals surface area (Å²) in [7, 11) is -1.57. The van der Waals surface area contributed by atoms with Crippen LogP contribution in [0.25, 0.3) is 0 Å². The molecule has 0 spiro atoms. The van der Waals surface area contributed by atoms with E-state index in [4.69, 9.17) is 4.74 Å². The lowest BCUT2D eigenvalue weighted by Crippen LogP contribution is -2.18. The molecule has 0 saturated heterocycles. The van der Waals surface area contributed by atoms with Crippen molar-refractivity contribution in [3.05, 3.63) is 24.0 Å². The molecule has 0 atom stereocenters. The Labute approximate surface area is 107 Å². The van der Waals surface area contributed by atoms with Crippen LogP contribution in [0.5, 0.6) is 5.75 Å². The van der Waals surface area contributed by atoms with Gasteiger partial charge in [-0.25, -0.2) is 12.8 Å². The maximum Gasteiger partial charge on any atom is 0.152 e. The fourth-order valence-electron chi connectivity index (χ4n) is 1.57. The second kappa shape index (κ2) is 6.58. The van der Waals surface area contributed by atoms with Crippen molar-refractivity contribution in [2.24, 2.45) is 0 Å². The molecule has 1 rings (SSSR count). The van der Waals surface area contributed by atoms with Gasteiger partial charge in [-0.05, 0) is 18.6 Å². The van der Waals surface area contributed by atoms with E-state index >= 15 is 0 Å². The molecule has 0 aliphatic heterocycles. The molecule has 0 aliphatic carbocycles. The Balaban J connectivity index is 2.59. The second-order valence-electron chi connectivity index (χ2n) is 3.92. The predicted octanol–water partition coefficient (Wildman–Crippen LogP) is 2.07. The quantitative estimate of drug-likeness (QED) is 0.827. The Kier molecular flexibility index (Phi) is 5.40. The molecule has 6 heteroatoms. The Morgan fingerprint density at radius 1 is 1.33 bits per heavy atom. The van der Waals surface area contributed by atoms with E-state index in [0.29, 0.717) is 17.9 Å². The minimum absolute atomic E-state index is 0.0569. The first-order valence-electron chi connectivity index (χ1n) is 5.76. The Morgan fingerprint density at radius 3 is 2.67 bits per heavy atom. The van der Waals surface area contributed by atoms with E-state index in [1.165, 1.54) is 25.3 Å². The average molecular weight is 275 g/mol. The molecule has 0 radical (unpaired) electrons. The van der Waals surface area contributed by atoms with Crippen LogP contribution in [0.4, 0.5) is 10.1 Å². The molecule has 1 aromatic rings. The number of rotatable bonds is 7. The molecule has 0 saturated carbocycles. The third kappa shape index (κ3) is 4.52. The summed E-state index contributed by atoms with van der Waals surface area (Å²) >= 11 is 0. The first-order chi connectivity index (χ1) is 8.48. The monoisotopic (exact) mass is 275 g/mol. The van der Waals surface area contributed by atoms with Crippen LogP contribution < -0.4 is 10.1 Å². The van der Waals surface area contributed by atoms with E-state index in [-0.39, 0.29) is 18.1 Å². The highest BCUT2D eigenvalue weighted by Gasteiger charge is 2.10. The van der Waals surface area contributed by atoms with Gasteiger partial charge < -0.3 is 10.1 Å². The van der Waals surface area contributed by atoms with Gasteiger partial charge in [0.2, 0.25) is 0 Å². The normalized spacial score (nSPS) is 11.3. The fourth-order valence-corrected chi connectivity index (χ4v) is 2.80. The third-order valence-electron chi connectivity index (χ3n) is 2.41. The van der Waals surface area contributed by atoms with E-state index in [1.54, 1.807) is 0 Å². The summed E-state index contributed by atoms with van der Waals surface area (Å²) in [6, 6.07) is 4.08. The second-order valence-corrected chi connectivity index (χ2v) is 6.23. The number of ether oxygens (including phenoxy) is 1. The van der Waals surface area contributed by atoms with Crippen LogP contribution in [0.3, 0.4) is 0 Å². The zero-order chi connectivity index (χ0) is 13.6. The van der Waals surface area contributed by atoms with Crippen molar-refractivity contribution in [3.8, 4) is 5.75 Å². The number of nitrogens with one attached hydrogen (secondary N) is 1. The topological polar surface area (TPSA) is 55.4 Å². The van der Waals surface area contributed by atoms with Crippen LogP contribution in [0, 0.1) is 5.82 Å². The summed E-state index contributed by atoms with van der Waals surface area (Å²) in [5.41, 5.74) is 0.589. The number of halogens is 1. The molecule has 102 valence electrons. The lowest BCUT2D eigenvalue weighted by atomic mass is 10.3. The first kappa shape index (κ1) is 14.8. The van der Waals surface area contributed by atoms with Crippen molar-refractivity contribution >= 4 is 15.5 Å². The molecule has 4 nitrogen and oxygen atoms in total. The summed E-state index contributed by atoms with van der Waals surface area (Å²) in [5, 5.41) is 2.94. The predicted molar refractivity (Wildman–Crippen MR) is 70.4 cm³/mol. The molecular weight excluding hydrogens is 257 g/mol. The Hall–Kier alpha value is -1.30. The van der Waals surface area contributed by atoms with Crippen molar-refractivity contribution in [1.82, 2.24) is 0 Å². The number of sulfone groups is 1. The molecule has 1 aromatic carbocycles. The smallest absolute Gasteiger partial charge is 0.152 e. The molecule has 0 bridgehead atoms. The van der Waals surface area contributed by atoms with E-state index in [1.807, 2.05) is 6.92 Å². The van der Waals surface area contributed by atoms with Crippen LogP contribution >= 0.6 is 0 Å². The number of hydrogen-bond donors (Lipinski definition) is 1. The first-order valence-corrected chi connectivity index (χ1v) is 7.58. The SMILES string of the molecule is CCCS(=O)(=O)CCNc1ccc(F)cc1OC. The maximum absolute atomic E-state index is 12.9. The van der Waals surface area contributed by atoms with Crippen molar-refractivity contribution in [1.29, 1.82) is 0 Å². The molecule has 0 fully saturated rings. The molecule has 0 aliphatic rings. The summed E-state index contributed by atoms with van der Waals surface area (Å²) in [6.45, 7) is 2.11. The summed E-state index contributed by atoms with van der Waals surface area (Å²) in [4.78, 5) is 0. The molecule has 0 unspecified atom stereocenters. The van der Waals surface area contributed by atoms with Gasteiger partial charge in [0.05, 0.1) is 18.6 Å². The minimum atomic E-state index is -3.01. The van der Waals surface area contributed by atoms with Crippen LogP contribution in [-0.4, -0.2) is 33.6 Å². The van der Waals surface area contributed by atoms with Crippen LogP contribution in [-0.2, 0) is 9.84 Å². The van der Waals surface area contributed by atoms with Crippen molar-refractivity contribution in [2.45, 2.75) is 13.3 Å². The van der Waals surface area contributed by atoms with E-state index < -0.39 is 15.7 Å².